The highest BCUT2D eigenvalue weighted by Gasteiger charge is 2.25. The first-order valence-corrected chi connectivity index (χ1v) is 7.48. The van der Waals surface area contributed by atoms with Crippen LogP contribution in [0.4, 0.5) is 5.95 Å². The molecule has 0 saturated heterocycles. The van der Waals surface area contributed by atoms with Gasteiger partial charge in [0.2, 0.25) is 5.95 Å². The second-order valence-electron chi connectivity index (χ2n) is 5.28. The lowest BCUT2D eigenvalue weighted by Crippen LogP contribution is -2.41. The Morgan fingerprint density at radius 1 is 1.05 bits per heavy atom. The van der Waals surface area contributed by atoms with Crippen LogP contribution in [0, 0.1) is 0 Å². The molecule has 1 saturated carbocycles. The lowest BCUT2D eigenvalue weighted by Gasteiger charge is -2.34. The van der Waals surface area contributed by atoms with Crippen LogP contribution in [0.1, 0.15) is 32.6 Å². The third-order valence-corrected chi connectivity index (χ3v) is 4.00. The zero-order chi connectivity index (χ0) is 15.2. The summed E-state index contributed by atoms with van der Waals surface area (Å²) >= 11 is 0. The van der Waals surface area contributed by atoms with E-state index in [1.165, 1.54) is 12.8 Å². The highest BCUT2D eigenvalue weighted by molar-refractivity contribution is 5.32. The summed E-state index contributed by atoms with van der Waals surface area (Å²) in [4.78, 5) is 14.8. The molecule has 0 bridgehead atoms. The fraction of sp³-hybridized carbons (Fsp3) is 0.786. The lowest BCUT2D eigenvalue weighted by molar-refractivity contribution is 0.328. The second-order valence-corrected chi connectivity index (χ2v) is 5.28. The zero-order valence-corrected chi connectivity index (χ0v) is 13.3. The van der Waals surface area contributed by atoms with Crippen LogP contribution in [-0.2, 0) is 0 Å². The summed E-state index contributed by atoms with van der Waals surface area (Å²) in [6.45, 7) is 3.19. The van der Waals surface area contributed by atoms with E-state index in [4.69, 9.17) is 9.47 Å². The van der Waals surface area contributed by atoms with E-state index < -0.39 is 0 Å². The van der Waals surface area contributed by atoms with Gasteiger partial charge in [-0.25, -0.2) is 0 Å². The van der Waals surface area contributed by atoms with E-state index in [-0.39, 0.29) is 12.0 Å². The van der Waals surface area contributed by atoms with Crippen molar-refractivity contribution < 1.29 is 9.47 Å². The Hall–Kier alpha value is -1.63. The maximum Gasteiger partial charge on any atom is 0.324 e. The molecule has 1 aliphatic carbocycles. The summed E-state index contributed by atoms with van der Waals surface area (Å²) < 4.78 is 10.2. The van der Waals surface area contributed by atoms with Crippen molar-refractivity contribution in [3.8, 4) is 12.0 Å². The molecule has 118 valence electrons. The zero-order valence-electron chi connectivity index (χ0n) is 13.3. The molecule has 7 nitrogen and oxygen atoms in total. The number of aromatic nitrogens is 3. The van der Waals surface area contributed by atoms with Gasteiger partial charge >= 0.3 is 12.0 Å². The highest BCUT2D eigenvalue weighted by Crippen LogP contribution is 2.26. The van der Waals surface area contributed by atoms with Gasteiger partial charge in [-0.3, -0.25) is 0 Å². The molecule has 1 aromatic rings. The summed E-state index contributed by atoms with van der Waals surface area (Å²) in [5, 5.41) is 3.52. The molecule has 21 heavy (non-hydrogen) atoms. The van der Waals surface area contributed by atoms with Gasteiger partial charge in [0.25, 0.3) is 0 Å². The van der Waals surface area contributed by atoms with Gasteiger partial charge in [0.15, 0.2) is 0 Å². The highest BCUT2D eigenvalue weighted by atomic mass is 16.5. The van der Waals surface area contributed by atoms with Crippen molar-refractivity contribution in [1.29, 1.82) is 0 Å². The number of methoxy groups -OCH3 is 2. The molecular formula is C14H25N5O2. The van der Waals surface area contributed by atoms with Crippen LogP contribution in [-0.4, -0.2) is 54.8 Å². The minimum atomic E-state index is 0.282. The third-order valence-electron chi connectivity index (χ3n) is 4.00. The van der Waals surface area contributed by atoms with Crippen molar-refractivity contribution in [2.24, 2.45) is 0 Å². The van der Waals surface area contributed by atoms with Crippen LogP contribution in [0.2, 0.25) is 0 Å². The molecule has 0 aromatic carbocycles. The molecule has 1 aromatic heterocycles. The molecule has 1 heterocycles. The van der Waals surface area contributed by atoms with Crippen molar-refractivity contribution in [2.45, 2.75) is 44.7 Å². The van der Waals surface area contributed by atoms with Crippen LogP contribution < -0.4 is 19.7 Å². The van der Waals surface area contributed by atoms with Crippen LogP contribution in [0.25, 0.3) is 0 Å². The first-order valence-electron chi connectivity index (χ1n) is 7.48. The Bertz CT molecular complexity index is 427. The Balaban J connectivity index is 2.04. The van der Waals surface area contributed by atoms with Crippen molar-refractivity contribution >= 4 is 5.95 Å². The fourth-order valence-corrected chi connectivity index (χ4v) is 2.79. The smallest absolute Gasteiger partial charge is 0.324 e. The average molecular weight is 295 g/mol. The lowest BCUT2D eigenvalue weighted by atomic mass is 9.90. The summed E-state index contributed by atoms with van der Waals surface area (Å²) in [6, 6.07) is 1.65. The fourth-order valence-electron chi connectivity index (χ4n) is 2.79. The van der Waals surface area contributed by atoms with E-state index in [0.29, 0.717) is 18.0 Å². The Morgan fingerprint density at radius 2 is 1.62 bits per heavy atom. The first kappa shape index (κ1) is 15.8. The Labute approximate surface area is 126 Å². The van der Waals surface area contributed by atoms with E-state index in [1.807, 2.05) is 7.05 Å². The minimum absolute atomic E-state index is 0.282. The van der Waals surface area contributed by atoms with Gasteiger partial charge in [0.05, 0.1) is 14.2 Å². The van der Waals surface area contributed by atoms with Crippen molar-refractivity contribution in [1.82, 2.24) is 20.3 Å². The number of nitrogens with one attached hydrogen (secondary N) is 1. The van der Waals surface area contributed by atoms with E-state index in [1.54, 1.807) is 14.2 Å². The molecule has 0 radical (unpaired) electrons. The Morgan fingerprint density at radius 3 is 2.10 bits per heavy atom. The van der Waals surface area contributed by atoms with E-state index >= 15 is 0 Å². The van der Waals surface area contributed by atoms with Crippen molar-refractivity contribution in [2.75, 3.05) is 32.7 Å². The number of rotatable bonds is 6. The van der Waals surface area contributed by atoms with Crippen LogP contribution >= 0.6 is 0 Å². The van der Waals surface area contributed by atoms with Gasteiger partial charge < -0.3 is 19.7 Å². The van der Waals surface area contributed by atoms with Gasteiger partial charge in [-0.1, -0.05) is 6.92 Å². The van der Waals surface area contributed by atoms with E-state index in [0.717, 1.165) is 19.4 Å². The molecule has 7 heteroatoms. The first-order chi connectivity index (χ1) is 10.2. The van der Waals surface area contributed by atoms with E-state index in [2.05, 4.69) is 32.1 Å². The quantitative estimate of drug-likeness (QED) is 0.846. The van der Waals surface area contributed by atoms with Crippen LogP contribution in [0.3, 0.4) is 0 Å². The largest absolute Gasteiger partial charge is 0.467 e. The molecule has 2 rings (SSSR count). The predicted molar refractivity (Wildman–Crippen MR) is 81.1 cm³/mol. The van der Waals surface area contributed by atoms with Gasteiger partial charge in [0, 0.05) is 19.1 Å². The van der Waals surface area contributed by atoms with Gasteiger partial charge in [-0.15, -0.1) is 4.98 Å². The Kier molecular flexibility index (Phi) is 5.55. The van der Waals surface area contributed by atoms with Gasteiger partial charge in [-0.2, -0.15) is 9.97 Å². The number of anilines is 1. The molecule has 0 atom stereocenters. The molecule has 0 unspecified atom stereocenters. The molecule has 0 spiro atoms. The topological polar surface area (TPSA) is 72.4 Å². The standard InChI is InChI=1S/C14H25N5O2/c1-5-15-10-6-8-11(9-7-10)19(2)12-16-13(20-3)18-14(17-12)21-4/h10-11,15H,5-9H2,1-4H3. The normalized spacial score (nSPS) is 21.9. The molecule has 0 amide bonds. The number of hydrogen-bond acceptors (Lipinski definition) is 7. The van der Waals surface area contributed by atoms with Crippen molar-refractivity contribution in [3.63, 3.8) is 0 Å². The SMILES string of the molecule is CCNC1CCC(N(C)c2nc(OC)nc(OC)n2)CC1. The summed E-state index contributed by atoms with van der Waals surface area (Å²) in [7, 11) is 5.10. The van der Waals surface area contributed by atoms with Crippen LogP contribution in [0.15, 0.2) is 0 Å². The van der Waals surface area contributed by atoms with Crippen LogP contribution in [0.5, 0.6) is 12.0 Å². The summed E-state index contributed by atoms with van der Waals surface area (Å²) in [5.74, 6) is 0.602. The predicted octanol–water partition coefficient (Wildman–Crippen LogP) is 1.25. The summed E-state index contributed by atoms with van der Waals surface area (Å²) in [6.07, 6.45) is 4.62. The maximum absolute atomic E-state index is 5.10. The number of nitrogens with zero attached hydrogens (tertiary/aromatic N) is 4. The molecule has 0 aliphatic heterocycles. The van der Waals surface area contributed by atoms with Gasteiger partial charge in [0.1, 0.15) is 0 Å². The molecular weight excluding hydrogens is 270 g/mol. The third kappa shape index (κ3) is 3.93. The average Bonchev–Trinajstić information content (AvgIpc) is 2.54. The monoisotopic (exact) mass is 295 g/mol. The minimum Gasteiger partial charge on any atom is -0.467 e. The van der Waals surface area contributed by atoms with Crippen molar-refractivity contribution in [3.05, 3.63) is 0 Å². The second kappa shape index (κ2) is 7.40. The number of hydrogen-bond donors (Lipinski definition) is 1. The molecule has 1 aliphatic rings. The maximum atomic E-state index is 5.10. The summed E-state index contributed by atoms with van der Waals surface area (Å²) in [5.41, 5.74) is 0. The van der Waals surface area contributed by atoms with E-state index in [9.17, 15) is 0 Å². The number of ether oxygens (including phenoxy) is 2. The molecule has 1 N–H and O–H groups in total. The molecule has 1 fully saturated rings. The van der Waals surface area contributed by atoms with Gasteiger partial charge in [-0.05, 0) is 32.2 Å².